The SMILES string of the molecule is CCn1cc(NC(=O)c2cnn(C(C)C(=O)O)c2)c(C(=O)NCC2CCCO2)n1. The van der Waals surface area contributed by atoms with Crippen molar-refractivity contribution in [3.8, 4) is 0 Å². The van der Waals surface area contributed by atoms with Crippen LogP contribution in [0, 0.1) is 0 Å². The van der Waals surface area contributed by atoms with Gasteiger partial charge in [0, 0.05) is 32.1 Å². The number of ether oxygens (including phenoxy) is 1. The number of carbonyl (C=O) groups is 3. The number of carboxylic acid groups (broad SMARTS) is 1. The molecule has 3 heterocycles. The number of anilines is 1. The summed E-state index contributed by atoms with van der Waals surface area (Å²) in [5.41, 5.74) is 0.540. The first kappa shape index (κ1) is 20.5. The highest BCUT2D eigenvalue weighted by atomic mass is 16.5. The Hall–Kier alpha value is -3.21. The van der Waals surface area contributed by atoms with Crippen LogP contribution in [0.1, 0.15) is 53.6 Å². The first-order valence-corrected chi connectivity index (χ1v) is 9.44. The average Bonchev–Trinajstić information content (AvgIpc) is 3.45. The zero-order valence-corrected chi connectivity index (χ0v) is 16.3. The topological polar surface area (TPSA) is 140 Å². The Morgan fingerprint density at radius 1 is 1.34 bits per heavy atom. The highest BCUT2D eigenvalue weighted by Gasteiger charge is 2.23. The van der Waals surface area contributed by atoms with E-state index >= 15 is 0 Å². The lowest BCUT2D eigenvalue weighted by Gasteiger charge is -2.10. The Labute approximate surface area is 167 Å². The number of aliphatic carboxylic acids is 1. The molecule has 156 valence electrons. The summed E-state index contributed by atoms with van der Waals surface area (Å²) in [6.07, 6.45) is 6.05. The van der Waals surface area contributed by atoms with Crippen LogP contribution in [0.25, 0.3) is 0 Å². The highest BCUT2D eigenvalue weighted by molar-refractivity contribution is 6.08. The Balaban J connectivity index is 1.71. The summed E-state index contributed by atoms with van der Waals surface area (Å²) >= 11 is 0. The molecule has 0 saturated carbocycles. The van der Waals surface area contributed by atoms with Gasteiger partial charge in [-0.3, -0.25) is 19.0 Å². The molecular formula is C18H24N6O5. The van der Waals surface area contributed by atoms with E-state index in [1.165, 1.54) is 24.0 Å². The molecule has 0 radical (unpaired) electrons. The molecule has 2 aromatic rings. The van der Waals surface area contributed by atoms with E-state index in [-0.39, 0.29) is 23.0 Å². The van der Waals surface area contributed by atoms with Crippen LogP contribution in [0.5, 0.6) is 0 Å². The number of nitrogens with zero attached hydrogens (tertiary/aromatic N) is 4. The van der Waals surface area contributed by atoms with Crippen molar-refractivity contribution in [1.82, 2.24) is 24.9 Å². The summed E-state index contributed by atoms with van der Waals surface area (Å²) in [5, 5.41) is 22.6. The average molecular weight is 404 g/mol. The second-order valence-corrected chi connectivity index (χ2v) is 6.77. The molecule has 11 heteroatoms. The molecular weight excluding hydrogens is 380 g/mol. The first-order valence-electron chi connectivity index (χ1n) is 9.44. The Morgan fingerprint density at radius 2 is 2.14 bits per heavy atom. The van der Waals surface area contributed by atoms with Crippen molar-refractivity contribution in [2.75, 3.05) is 18.5 Å². The fraction of sp³-hybridized carbons (Fsp3) is 0.500. The lowest BCUT2D eigenvalue weighted by Crippen LogP contribution is -2.32. The van der Waals surface area contributed by atoms with E-state index in [1.54, 1.807) is 10.9 Å². The lowest BCUT2D eigenvalue weighted by molar-refractivity contribution is -0.140. The van der Waals surface area contributed by atoms with Crippen LogP contribution in [0.4, 0.5) is 5.69 Å². The Kier molecular flexibility index (Phi) is 6.27. The van der Waals surface area contributed by atoms with E-state index in [2.05, 4.69) is 20.8 Å². The number of hydrogen-bond donors (Lipinski definition) is 3. The smallest absolute Gasteiger partial charge is 0.328 e. The molecule has 2 amide bonds. The third-order valence-corrected chi connectivity index (χ3v) is 4.68. The zero-order valence-electron chi connectivity index (χ0n) is 16.3. The van der Waals surface area contributed by atoms with Crippen molar-refractivity contribution in [3.63, 3.8) is 0 Å². The van der Waals surface area contributed by atoms with Crippen molar-refractivity contribution in [2.24, 2.45) is 0 Å². The van der Waals surface area contributed by atoms with Gasteiger partial charge in [-0.15, -0.1) is 0 Å². The van der Waals surface area contributed by atoms with Gasteiger partial charge in [0.05, 0.1) is 23.6 Å². The zero-order chi connectivity index (χ0) is 21.0. The molecule has 1 aliphatic heterocycles. The molecule has 0 bridgehead atoms. The van der Waals surface area contributed by atoms with Crippen LogP contribution >= 0.6 is 0 Å². The second-order valence-electron chi connectivity index (χ2n) is 6.77. The second kappa shape index (κ2) is 8.86. The van der Waals surface area contributed by atoms with Gasteiger partial charge in [0.15, 0.2) is 5.69 Å². The van der Waals surface area contributed by atoms with Crippen LogP contribution in [-0.2, 0) is 16.1 Å². The van der Waals surface area contributed by atoms with Gasteiger partial charge in [0.25, 0.3) is 11.8 Å². The van der Waals surface area contributed by atoms with E-state index < -0.39 is 23.8 Å². The maximum Gasteiger partial charge on any atom is 0.328 e. The van der Waals surface area contributed by atoms with E-state index in [1.807, 2.05) is 6.92 Å². The van der Waals surface area contributed by atoms with Crippen molar-refractivity contribution in [3.05, 3.63) is 29.8 Å². The number of hydrogen-bond acceptors (Lipinski definition) is 6. The molecule has 2 unspecified atom stereocenters. The Bertz CT molecular complexity index is 898. The molecule has 3 N–H and O–H groups in total. The van der Waals surface area contributed by atoms with Gasteiger partial charge in [0.2, 0.25) is 0 Å². The van der Waals surface area contributed by atoms with Crippen molar-refractivity contribution >= 4 is 23.5 Å². The third-order valence-electron chi connectivity index (χ3n) is 4.68. The van der Waals surface area contributed by atoms with Crippen molar-refractivity contribution in [2.45, 2.75) is 45.4 Å². The maximum atomic E-state index is 12.6. The molecule has 1 aliphatic rings. The number of carbonyl (C=O) groups excluding carboxylic acids is 2. The van der Waals surface area contributed by atoms with Gasteiger partial charge in [-0.05, 0) is 26.7 Å². The van der Waals surface area contributed by atoms with Gasteiger partial charge in [-0.1, -0.05) is 0 Å². The van der Waals surface area contributed by atoms with E-state index in [0.29, 0.717) is 19.7 Å². The van der Waals surface area contributed by atoms with E-state index in [4.69, 9.17) is 9.84 Å². The summed E-state index contributed by atoms with van der Waals surface area (Å²) in [6, 6.07) is -0.904. The number of aryl methyl sites for hydroxylation is 1. The summed E-state index contributed by atoms with van der Waals surface area (Å²) < 4.78 is 8.23. The predicted octanol–water partition coefficient (Wildman–Crippen LogP) is 0.906. The molecule has 1 saturated heterocycles. The number of amides is 2. The summed E-state index contributed by atoms with van der Waals surface area (Å²) in [6.45, 7) is 4.92. The minimum Gasteiger partial charge on any atom is -0.480 e. The molecule has 0 aromatic carbocycles. The number of rotatable bonds is 8. The molecule has 3 rings (SSSR count). The van der Waals surface area contributed by atoms with Gasteiger partial charge in [0.1, 0.15) is 6.04 Å². The largest absolute Gasteiger partial charge is 0.480 e. The molecule has 11 nitrogen and oxygen atoms in total. The maximum absolute atomic E-state index is 12.6. The normalized spacial score (nSPS) is 17.1. The summed E-state index contributed by atoms with van der Waals surface area (Å²) in [4.78, 5) is 36.2. The predicted molar refractivity (Wildman–Crippen MR) is 102 cm³/mol. The molecule has 29 heavy (non-hydrogen) atoms. The van der Waals surface area contributed by atoms with Crippen LogP contribution in [-0.4, -0.2) is 61.7 Å². The van der Waals surface area contributed by atoms with E-state index in [0.717, 1.165) is 12.8 Å². The number of carboxylic acids is 1. The van der Waals surface area contributed by atoms with Crippen molar-refractivity contribution < 1.29 is 24.2 Å². The standard InChI is InChI=1S/C18H24N6O5/c1-3-23-10-14(15(22-23)17(26)19-8-13-5-4-6-29-13)21-16(25)12-7-20-24(9-12)11(2)18(27)28/h7,9-11,13H,3-6,8H2,1-2H3,(H,19,26)(H,21,25)(H,27,28). The van der Waals surface area contributed by atoms with Crippen molar-refractivity contribution in [1.29, 1.82) is 0 Å². The molecule has 2 aromatic heterocycles. The lowest BCUT2D eigenvalue weighted by atomic mass is 10.2. The fourth-order valence-corrected chi connectivity index (χ4v) is 2.91. The van der Waals surface area contributed by atoms with Gasteiger partial charge in [-0.2, -0.15) is 10.2 Å². The van der Waals surface area contributed by atoms with Crippen LogP contribution in [0.3, 0.4) is 0 Å². The van der Waals surface area contributed by atoms with Crippen LogP contribution in [0.15, 0.2) is 18.6 Å². The fourth-order valence-electron chi connectivity index (χ4n) is 2.91. The first-order chi connectivity index (χ1) is 13.9. The minimum atomic E-state index is -1.06. The van der Waals surface area contributed by atoms with Crippen LogP contribution < -0.4 is 10.6 Å². The molecule has 0 aliphatic carbocycles. The quantitative estimate of drug-likeness (QED) is 0.594. The van der Waals surface area contributed by atoms with Gasteiger partial charge in [-0.25, -0.2) is 4.79 Å². The van der Waals surface area contributed by atoms with Gasteiger partial charge >= 0.3 is 5.97 Å². The van der Waals surface area contributed by atoms with E-state index in [9.17, 15) is 14.4 Å². The third kappa shape index (κ3) is 4.80. The number of nitrogens with one attached hydrogen (secondary N) is 2. The molecule has 2 atom stereocenters. The highest BCUT2D eigenvalue weighted by Crippen LogP contribution is 2.17. The van der Waals surface area contributed by atoms with Crippen LogP contribution in [0.2, 0.25) is 0 Å². The summed E-state index contributed by atoms with van der Waals surface area (Å²) in [5.74, 6) is -1.98. The summed E-state index contributed by atoms with van der Waals surface area (Å²) in [7, 11) is 0. The molecule has 0 spiro atoms. The molecule has 1 fully saturated rings. The monoisotopic (exact) mass is 404 g/mol. The van der Waals surface area contributed by atoms with Gasteiger partial charge < -0.3 is 20.5 Å². The minimum absolute atomic E-state index is 0.00711. The number of aromatic nitrogens is 4. The Morgan fingerprint density at radius 3 is 2.79 bits per heavy atom.